The van der Waals surface area contributed by atoms with Crippen LogP contribution in [0.5, 0.6) is 0 Å². The van der Waals surface area contributed by atoms with Gasteiger partial charge in [-0.15, -0.1) is 0 Å². The van der Waals surface area contributed by atoms with Gasteiger partial charge in [-0.25, -0.2) is 4.79 Å². The Morgan fingerprint density at radius 2 is 2.00 bits per heavy atom. The minimum Gasteiger partial charge on any atom is -0.495 e. The normalized spacial score (nSPS) is 39.1. The van der Waals surface area contributed by atoms with Crippen molar-refractivity contribution in [3.05, 3.63) is 34.1 Å². The highest BCUT2D eigenvalue weighted by Crippen LogP contribution is 2.62. The fraction of sp³-hybridized carbons (Fsp3) is 0.591. The summed E-state index contributed by atoms with van der Waals surface area (Å²) in [6.45, 7) is 4.46. The number of hydrogen-bond acceptors (Lipinski definition) is 6. The van der Waals surface area contributed by atoms with Crippen molar-refractivity contribution in [2.24, 2.45) is 16.7 Å². The van der Waals surface area contributed by atoms with E-state index in [0.717, 1.165) is 23.1 Å². The molecule has 148 valence electrons. The summed E-state index contributed by atoms with van der Waals surface area (Å²) in [6.07, 6.45) is 3.52. The Morgan fingerprint density at radius 1 is 1.21 bits per heavy atom. The van der Waals surface area contributed by atoms with Gasteiger partial charge < -0.3 is 14.2 Å². The summed E-state index contributed by atoms with van der Waals surface area (Å²) < 4.78 is 16.6. The lowest BCUT2D eigenvalue weighted by molar-refractivity contribution is -0.156. The van der Waals surface area contributed by atoms with Crippen LogP contribution in [-0.2, 0) is 28.6 Å². The maximum absolute atomic E-state index is 13.6. The highest BCUT2D eigenvalue weighted by molar-refractivity contribution is 6.15. The zero-order valence-electron chi connectivity index (χ0n) is 16.4. The first kappa shape index (κ1) is 17.9. The number of fused-ring (bicyclic) bond motifs is 3. The Bertz CT molecular complexity index is 921. The average molecular weight is 384 g/mol. The Hall–Kier alpha value is -2.21. The maximum atomic E-state index is 13.6. The second-order valence-corrected chi connectivity index (χ2v) is 8.90. The first-order valence-electron chi connectivity index (χ1n) is 9.91. The van der Waals surface area contributed by atoms with Gasteiger partial charge in [0.2, 0.25) is 0 Å². The number of allylic oxidation sites excluding steroid dienone is 1. The van der Waals surface area contributed by atoms with Gasteiger partial charge in [-0.1, -0.05) is 6.92 Å². The topological polar surface area (TPSA) is 78.9 Å². The number of methoxy groups -OCH3 is 1. The molecule has 2 heterocycles. The van der Waals surface area contributed by atoms with Crippen molar-refractivity contribution in [1.82, 2.24) is 0 Å². The molecule has 2 fully saturated rings. The molecule has 1 saturated heterocycles. The van der Waals surface area contributed by atoms with Crippen molar-refractivity contribution in [2.45, 2.75) is 45.6 Å². The molecule has 5 rings (SSSR count). The van der Waals surface area contributed by atoms with E-state index in [1.165, 1.54) is 6.26 Å². The Kier molecular flexibility index (Phi) is 3.61. The lowest BCUT2D eigenvalue weighted by atomic mass is 9.53. The third-order valence-electron chi connectivity index (χ3n) is 7.73. The van der Waals surface area contributed by atoms with Gasteiger partial charge in [0, 0.05) is 36.0 Å². The largest absolute Gasteiger partial charge is 0.495 e. The van der Waals surface area contributed by atoms with E-state index in [9.17, 15) is 14.4 Å². The maximum Gasteiger partial charge on any atom is 0.342 e. The predicted octanol–water partition coefficient (Wildman–Crippen LogP) is 2.43. The number of Topliss-reactive ketones (excluding diaryl/α,β-unsaturated/α-hetero) is 2. The molecule has 0 N–H and O–H groups in total. The first-order chi connectivity index (χ1) is 13.3. The van der Waals surface area contributed by atoms with Crippen LogP contribution in [0.2, 0.25) is 0 Å². The van der Waals surface area contributed by atoms with Crippen LogP contribution in [0, 0.1) is 16.7 Å². The molecule has 28 heavy (non-hydrogen) atoms. The monoisotopic (exact) mass is 384 g/mol. The standard InChI is InChI=1S/C22H24O6/c1-21-7-6-14-17(13(21)4-5-15(21)23)19(24)11-8-27-9-12-18(11)22(14,2)16(10-26-3)28-20(12)25/h9,13,16H,4-8,10H2,1-3H3. The highest BCUT2D eigenvalue weighted by atomic mass is 16.6. The summed E-state index contributed by atoms with van der Waals surface area (Å²) in [7, 11) is 1.58. The van der Waals surface area contributed by atoms with E-state index in [1.54, 1.807) is 7.11 Å². The van der Waals surface area contributed by atoms with Crippen molar-refractivity contribution in [1.29, 1.82) is 0 Å². The average Bonchev–Trinajstić information content (AvgIpc) is 2.98. The predicted molar refractivity (Wildman–Crippen MR) is 98.0 cm³/mol. The van der Waals surface area contributed by atoms with Gasteiger partial charge in [-0.05, 0) is 37.3 Å². The molecule has 5 aliphatic rings. The van der Waals surface area contributed by atoms with Crippen molar-refractivity contribution < 1.29 is 28.6 Å². The van der Waals surface area contributed by atoms with E-state index in [1.807, 2.05) is 6.92 Å². The van der Waals surface area contributed by atoms with Crippen LogP contribution in [0.15, 0.2) is 34.1 Å². The molecule has 6 nitrogen and oxygen atoms in total. The molecule has 4 unspecified atom stereocenters. The highest BCUT2D eigenvalue weighted by Gasteiger charge is 2.61. The number of carbonyl (C=O) groups is 3. The number of ketones is 2. The molecule has 0 bridgehead atoms. The molecule has 2 aliphatic heterocycles. The lowest BCUT2D eigenvalue weighted by Crippen LogP contribution is -2.54. The van der Waals surface area contributed by atoms with E-state index >= 15 is 0 Å². The zero-order chi connectivity index (χ0) is 19.8. The van der Waals surface area contributed by atoms with Crippen LogP contribution in [0.1, 0.15) is 39.5 Å². The quantitative estimate of drug-likeness (QED) is 0.681. The smallest absolute Gasteiger partial charge is 0.342 e. The van der Waals surface area contributed by atoms with E-state index in [-0.39, 0.29) is 30.7 Å². The summed E-state index contributed by atoms with van der Waals surface area (Å²) in [6, 6.07) is 0. The van der Waals surface area contributed by atoms with Crippen LogP contribution in [0.4, 0.5) is 0 Å². The van der Waals surface area contributed by atoms with Gasteiger partial charge in [-0.3, -0.25) is 9.59 Å². The third kappa shape index (κ3) is 1.94. The molecule has 4 atom stereocenters. The van der Waals surface area contributed by atoms with E-state index < -0.39 is 22.9 Å². The first-order valence-corrected chi connectivity index (χ1v) is 9.91. The number of esters is 1. The van der Waals surface area contributed by atoms with Gasteiger partial charge in [0.25, 0.3) is 0 Å². The van der Waals surface area contributed by atoms with Crippen molar-refractivity contribution >= 4 is 17.5 Å². The van der Waals surface area contributed by atoms with E-state index in [0.29, 0.717) is 30.4 Å². The van der Waals surface area contributed by atoms with Crippen molar-refractivity contribution in [3.8, 4) is 0 Å². The van der Waals surface area contributed by atoms with Gasteiger partial charge in [0.15, 0.2) is 5.78 Å². The molecule has 0 spiro atoms. The Balaban J connectivity index is 1.75. The third-order valence-corrected chi connectivity index (χ3v) is 7.73. The number of ether oxygens (including phenoxy) is 3. The Morgan fingerprint density at radius 3 is 2.75 bits per heavy atom. The molecule has 6 heteroatoms. The molecule has 0 amide bonds. The minimum atomic E-state index is -0.634. The van der Waals surface area contributed by atoms with Crippen LogP contribution >= 0.6 is 0 Å². The van der Waals surface area contributed by atoms with Crippen LogP contribution < -0.4 is 0 Å². The molecule has 0 aromatic carbocycles. The van der Waals surface area contributed by atoms with Gasteiger partial charge >= 0.3 is 5.97 Å². The number of cyclic esters (lactones) is 1. The molecular formula is C22H24O6. The Labute approximate surface area is 163 Å². The number of carbonyl (C=O) groups excluding carboxylic acids is 3. The molecule has 1 saturated carbocycles. The number of hydrogen-bond donors (Lipinski definition) is 0. The van der Waals surface area contributed by atoms with E-state index in [4.69, 9.17) is 14.2 Å². The summed E-state index contributed by atoms with van der Waals surface area (Å²) in [5.74, 6) is -0.340. The summed E-state index contributed by atoms with van der Waals surface area (Å²) in [4.78, 5) is 38.8. The molecule has 0 aromatic rings. The fourth-order valence-corrected chi connectivity index (χ4v) is 6.17. The van der Waals surface area contributed by atoms with Crippen LogP contribution in [0.25, 0.3) is 0 Å². The van der Waals surface area contributed by atoms with Crippen molar-refractivity contribution in [2.75, 3.05) is 20.3 Å². The molecule has 3 aliphatic carbocycles. The minimum absolute atomic E-state index is 0.0513. The van der Waals surface area contributed by atoms with Gasteiger partial charge in [-0.2, -0.15) is 0 Å². The second kappa shape index (κ2) is 5.66. The van der Waals surface area contributed by atoms with Gasteiger partial charge in [0.1, 0.15) is 18.5 Å². The van der Waals surface area contributed by atoms with Crippen molar-refractivity contribution in [3.63, 3.8) is 0 Å². The summed E-state index contributed by atoms with van der Waals surface area (Å²) >= 11 is 0. The lowest BCUT2D eigenvalue weighted by Gasteiger charge is -2.52. The second-order valence-electron chi connectivity index (χ2n) is 8.90. The molecule has 0 aromatic heterocycles. The van der Waals surface area contributed by atoms with Crippen LogP contribution in [-0.4, -0.2) is 44.0 Å². The van der Waals surface area contributed by atoms with E-state index in [2.05, 4.69) is 6.92 Å². The SMILES string of the molecule is COCC1OC(=O)C2=COCC3=C2C1(C)C1=C(C3=O)C2CCC(=O)C2(C)CC1. The molecule has 0 radical (unpaired) electrons. The zero-order valence-corrected chi connectivity index (χ0v) is 16.4. The fourth-order valence-electron chi connectivity index (χ4n) is 6.17. The van der Waals surface area contributed by atoms with Crippen LogP contribution in [0.3, 0.4) is 0 Å². The summed E-state index contributed by atoms with van der Waals surface area (Å²) in [5.41, 5.74) is 2.31. The molecular weight excluding hydrogens is 360 g/mol. The number of rotatable bonds is 2. The van der Waals surface area contributed by atoms with Gasteiger partial charge in [0.05, 0.1) is 23.9 Å². The summed E-state index contributed by atoms with van der Waals surface area (Å²) in [5, 5.41) is 0.